The number of carboxylic acids is 1. The number of rotatable bonds is 11. The second-order valence-corrected chi connectivity index (χ2v) is 7.72. The fraction of sp³-hybridized carbons (Fsp3) is 0.375. The van der Waals surface area contributed by atoms with E-state index in [4.69, 9.17) is 35.7 Å². The van der Waals surface area contributed by atoms with Gasteiger partial charge >= 0.3 is 5.97 Å². The maximum Gasteiger partial charge on any atom is 0.329 e. The SMILES string of the molecule is CCOc1cc(C2=NN(C(=O)c3ccc(OCCOCC(=O)O)cc3Cl)CCC2)ccc1OC. The van der Waals surface area contributed by atoms with Gasteiger partial charge in [-0.05, 0) is 56.2 Å². The van der Waals surface area contributed by atoms with Crippen molar-refractivity contribution in [3.8, 4) is 17.2 Å². The summed E-state index contributed by atoms with van der Waals surface area (Å²) in [7, 11) is 1.59. The summed E-state index contributed by atoms with van der Waals surface area (Å²) in [5, 5.41) is 14.8. The smallest absolute Gasteiger partial charge is 0.329 e. The molecule has 0 atom stereocenters. The van der Waals surface area contributed by atoms with Gasteiger partial charge in [0.05, 0.1) is 36.6 Å². The van der Waals surface area contributed by atoms with E-state index in [0.29, 0.717) is 36.0 Å². The fourth-order valence-electron chi connectivity index (χ4n) is 3.39. The van der Waals surface area contributed by atoms with Crippen LogP contribution in [0.3, 0.4) is 0 Å². The van der Waals surface area contributed by atoms with Crippen molar-refractivity contribution in [2.75, 3.05) is 40.1 Å². The van der Waals surface area contributed by atoms with Gasteiger partial charge in [0.2, 0.25) is 0 Å². The molecule has 3 rings (SSSR count). The molecule has 0 aromatic heterocycles. The van der Waals surface area contributed by atoms with Crippen LogP contribution in [0.15, 0.2) is 41.5 Å². The lowest BCUT2D eigenvalue weighted by Gasteiger charge is -2.24. The minimum atomic E-state index is -1.05. The number of aliphatic carboxylic acids is 1. The van der Waals surface area contributed by atoms with Gasteiger partial charge in [-0.2, -0.15) is 5.10 Å². The molecule has 0 aliphatic carbocycles. The van der Waals surface area contributed by atoms with E-state index < -0.39 is 5.97 Å². The highest BCUT2D eigenvalue weighted by atomic mass is 35.5. The first-order valence-electron chi connectivity index (χ1n) is 10.8. The number of amides is 1. The summed E-state index contributed by atoms with van der Waals surface area (Å²) in [6, 6.07) is 10.3. The monoisotopic (exact) mass is 490 g/mol. The lowest BCUT2D eigenvalue weighted by molar-refractivity contribution is -0.142. The van der Waals surface area contributed by atoms with E-state index in [2.05, 4.69) is 5.10 Å². The number of methoxy groups -OCH3 is 1. The Kier molecular flexibility index (Phi) is 9.12. The van der Waals surface area contributed by atoms with Crippen LogP contribution in [0.2, 0.25) is 5.02 Å². The molecule has 182 valence electrons. The first-order valence-corrected chi connectivity index (χ1v) is 11.2. The molecular formula is C24H27ClN2O7. The molecule has 0 radical (unpaired) electrons. The minimum absolute atomic E-state index is 0.117. The Morgan fingerprint density at radius 1 is 1.12 bits per heavy atom. The standard InChI is InChI=1S/C24H27ClN2O7/c1-3-33-22-13-16(6-9-21(22)31-2)20-5-4-10-27(26-20)24(30)18-8-7-17(14-19(18)25)34-12-11-32-15-23(28)29/h6-9,13-14H,3-5,10-12,15H2,1-2H3,(H,28,29). The maximum absolute atomic E-state index is 13.1. The van der Waals surface area contributed by atoms with Crippen molar-refractivity contribution in [3.05, 3.63) is 52.5 Å². The molecule has 0 fully saturated rings. The molecule has 0 spiro atoms. The molecular weight excluding hydrogens is 464 g/mol. The lowest BCUT2D eigenvalue weighted by atomic mass is 10.0. The Hall–Kier alpha value is -3.30. The first-order chi connectivity index (χ1) is 16.4. The number of carbonyl (C=O) groups is 2. The van der Waals surface area contributed by atoms with Crippen LogP contribution in [0.1, 0.15) is 35.7 Å². The Bertz CT molecular complexity index is 1060. The molecule has 1 N–H and O–H groups in total. The number of benzene rings is 2. The Morgan fingerprint density at radius 2 is 1.94 bits per heavy atom. The van der Waals surface area contributed by atoms with E-state index in [-0.39, 0.29) is 30.8 Å². The molecule has 1 aliphatic rings. The van der Waals surface area contributed by atoms with Crippen LogP contribution < -0.4 is 14.2 Å². The highest BCUT2D eigenvalue weighted by Crippen LogP contribution is 2.30. The van der Waals surface area contributed by atoms with Gasteiger partial charge in [0, 0.05) is 12.1 Å². The molecule has 9 nitrogen and oxygen atoms in total. The fourth-order valence-corrected chi connectivity index (χ4v) is 3.64. The number of carboxylic acid groups (broad SMARTS) is 1. The average Bonchev–Trinajstić information content (AvgIpc) is 2.83. The normalized spacial score (nSPS) is 13.3. The van der Waals surface area contributed by atoms with Gasteiger partial charge in [0.25, 0.3) is 5.91 Å². The number of hydrogen-bond donors (Lipinski definition) is 1. The van der Waals surface area contributed by atoms with E-state index in [9.17, 15) is 9.59 Å². The minimum Gasteiger partial charge on any atom is -0.493 e. The van der Waals surface area contributed by atoms with Crippen LogP contribution in [-0.2, 0) is 9.53 Å². The van der Waals surface area contributed by atoms with Crippen LogP contribution in [-0.4, -0.2) is 67.8 Å². The topological polar surface area (TPSA) is 107 Å². The van der Waals surface area contributed by atoms with Gasteiger partial charge in [0.1, 0.15) is 19.0 Å². The predicted molar refractivity (Wildman–Crippen MR) is 126 cm³/mol. The van der Waals surface area contributed by atoms with Crippen molar-refractivity contribution in [1.82, 2.24) is 5.01 Å². The Balaban J connectivity index is 1.70. The van der Waals surface area contributed by atoms with Gasteiger partial charge < -0.3 is 24.1 Å². The van der Waals surface area contributed by atoms with Crippen molar-refractivity contribution in [1.29, 1.82) is 0 Å². The number of hydrazone groups is 1. The van der Waals surface area contributed by atoms with Gasteiger partial charge in [-0.3, -0.25) is 4.79 Å². The zero-order chi connectivity index (χ0) is 24.5. The van der Waals surface area contributed by atoms with E-state index >= 15 is 0 Å². The van der Waals surface area contributed by atoms with Crippen molar-refractivity contribution in [2.45, 2.75) is 19.8 Å². The van der Waals surface area contributed by atoms with Crippen molar-refractivity contribution in [3.63, 3.8) is 0 Å². The second kappa shape index (κ2) is 12.2. The third kappa shape index (κ3) is 6.61. The molecule has 0 saturated heterocycles. The van der Waals surface area contributed by atoms with Gasteiger partial charge in [-0.1, -0.05) is 11.6 Å². The third-order valence-corrected chi connectivity index (χ3v) is 5.26. The first kappa shape index (κ1) is 25.3. The molecule has 0 saturated carbocycles. The molecule has 10 heteroatoms. The average molecular weight is 491 g/mol. The van der Waals surface area contributed by atoms with Crippen molar-refractivity contribution in [2.24, 2.45) is 5.10 Å². The number of ether oxygens (including phenoxy) is 4. The van der Waals surface area contributed by atoms with Crippen LogP contribution >= 0.6 is 11.6 Å². The zero-order valence-corrected chi connectivity index (χ0v) is 19.8. The largest absolute Gasteiger partial charge is 0.493 e. The molecule has 0 bridgehead atoms. The Labute approximate surface area is 202 Å². The van der Waals surface area contributed by atoms with E-state index in [1.807, 2.05) is 25.1 Å². The van der Waals surface area contributed by atoms with Crippen molar-refractivity contribution < 1.29 is 33.6 Å². The zero-order valence-electron chi connectivity index (χ0n) is 19.1. The maximum atomic E-state index is 13.1. The van der Waals surface area contributed by atoms with Gasteiger partial charge in [-0.25, -0.2) is 9.80 Å². The summed E-state index contributed by atoms with van der Waals surface area (Å²) in [5.74, 6) is 0.358. The summed E-state index contributed by atoms with van der Waals surface area (Å²) in [4.78, 5) is 23.6. The van der Waals surface area contributed by atoms with Crippen LogP contribution in [0, 0.1) is 0 Å². The van der Waals surface area contributed by atoms with E-state index in [0.717, 1.165) is 24.1 Å². The van der Waals surface area contributed by atoms with Crippen LogP contribution in [0.4, 0.5) is 0 Å². The summed E-state index contributed by atoms with van der Waals surface area (Å²) in [5.41, 5.74) is 1.95. The Morgan fingerprint density at radius 3 is 2.65 bits per heavy atom. The molecule has 1 heterocycles. The highest BCUT2D eigenvalue weighted by Gasteiger charge is 2.23. The summed E-state index contributed by atoms with van der Waals surface area (Å²) >= 11 is 6.35. The third-order valence-electron chi connectivity index (χ3n) is 4.95. The highest BCUT2D eigenvalue weighted by molar-refractivity contribution is 6.34. The summed E-state index contributed by atoms with van der Waals surface area (Å²) in [6.07, 6.45) is 1.49. The van der Waals surface area contributed by atoms with E-state index in [1.54, 1.807) is 25.3 Å². The van der Waals surface area contributed by atoms with E-state index in [1.165, 1.54) is 5.01 Å². The number of carbonyl (C=O) groups excluding carboxylic acids is 1. The van der Waals surface area contributed by atoms with Crippen LogP contribution in [0.25, 0.3) is 0 Å². The number of nitrogens with zero attached hydrogens (tertiary/aromatic N) is 2. The summed E-state index contributed by atoms with van der Waals surface area (Å²) in [6.45, 7) is 2.77. The van der Waals surface area contributed by atoms with Gasteiger partial charge in [-0.15, -0.1) is 0 Å². The number of halogens is 1. The molecule has 2 aromatic carbocycles. The predicted octanol–water partition coefficient (Wildman–Crippen LogP) is 3.87. The second-order valence-electron chi connectivity index (χ2n) is 7.31. The number of hydrogen-bond acceptors (Lipinski definition) is 7. The molecule has 1 amide bonds. The quantitative estimate of drug-likeness (QED) is 0.476. The molecule has 2 aromatic rings. The lowest BCUT2D eigenvalue weighted by Crippen LogP contribution is -2.32. The molecule has 34 heavy (non-hydrogen) atoms. The van der Waals surface area contributed by atoms with Crippen molar-refractivity contribution >= 4 is 29.2 Å². The summed E-state index contributed by atoms with van der Waals surface area (Å²) < 4.78 is 21.4. The molecule has 0 unspecified atom stereocenters. The molecule has 1 aliphatic heterocycles. The van der Waals surface area contributed by atoms with Gasteiger partial charge in [0.15, 0.2) is 11.5 Å². The van der Waals surface area contributed by atoms with Crippen LogP contribution in [0.5, 0.6) is 17.2 Å².